The normalized spacial score (nSPS) is 0. The molecule has 0 spiro atoms. The Morgan fingerprint density at radius 1 is 0.250 bits per heavy atom. The van der Waals surface area contributed by atoms with Gasteiger partial charge in [-0.25, -0.2) is 0 Å². The molecular weight excluding hydrogens is 1010 g/mol. The van der Waals surface area contributed by atoms with E-state index >= 15 is 0 Å². The minimum atomic E-state index is 0. The van der Waals surface area contributed by atoms with Crippen LogP contribution in [0.1, 0.15) is 0 Å². The molecule has 0 N–H and O–H groups in total. The first-order chi connectivity index (χ1) is 0. The zero-order chi connectivity index (χ0) is 0. The monoisotopic (exact) mass is 1010 g/mol. The van der Waals surface area contributed by atoms with Gasteiger partial charge < -0.3 is 0 Å². The maximum Gasteiger partial charge on any atom is 0 e. The Bertz CT molecular complexity index is 7.64. The molecule has 0 saturated heterocycles. The van der Waals surface area contributed by atoms with Crippen molar-refractivity contribution in [3.05, 3.63) is 0 Å². The molecule has 0 amide bonds. The largest absolute Gasteiger partial charge is 0 e. The standard InChI is InChI=1S/3Ba.5Sn. The van der Waals surface area contributed by atoms with Crippen LogP contribution in [-0.4, -0.2) is 266 Å². The van der Waals surface area contributed by atoms with Crippen LogP contribution < -0.4 is 0 Å². The molecule has 0 fully saturated rings. The van der Waals surface area contributed by atoms with Crippen LogP contribution in [0.3, 0.4) is 0 Å². The zero-order valence-corrected chi connectivity index (χ0v) is 32.2. The first-order valence-corrected chi connectivity index (χ1v) is 0. The molecule has 0 aliphatic rings. The molecule has 0 unspecified atom stereocenters. The Morgan fingerprint density at radius 2 is 0.250 bits per heavy atom. The van der Waals surface area contributed by atoms with Crippen molar-refractivity contribution < 1.29 is 0 Å². The van der Waals surface area contributed by atoms with Crippen molar-refractivity contribution in [1.82, 2.24) is 0 Å². The summed E-state index contributed by atoms with van der Waals surface area (Å²) in [5.41, 5.74) is 0. The third-order valence-corrected chi connectivity index (χ3v) is 0. The van der Waals surface area contributed by atoms with E-state index < -0.39 is 0 Å². The van der Waals surface area contributed by atoms with Gasteiger partial charge in [0.05, 0.1) is 0 Å². The van der Waals surface area contributed by atoms with Crippen LogP contribution in [0.4, 0.5) is 0 Å². The molecule has 26 valence electrons. The predicted molar refractivity (Wildman–Crippen MR) is 46.0 cm³/mol. The van der Waals surface area contributed by atoms with Crippen LogP contribution in [0.5, 0.6) is 0 Å². The van der Waals surface area contributed by atoms with E-state index in [1.54, 1.807) is 0 Å². The van der Waals surface area contributed by atoms with Gasteiger partial charge in [0.25, 0.3) is 0 Å². The first-order valence-electron chi connectivity index (χ1n) is 0. The Balaban J connectivity index is 0. The molecule has 0 aliphatic carbocycles. The van der Waals surface area contributed by atoms with Crippen molar-refractivity contribution in [1.29, 1.82) is 0 Å². The molecule has 26 radical (unpaired) electrons. The fourth-order valence-electron chi connectivity index (χ4n) is 0. The Kier molecular flexibility index (Phi) is 305. The van der Waals surface area contributed by atoms with E-state index in [9.17, 15) is 0 Å². The first kappa shape index (κ1) is 54.4. The van der Waals surface area contributed by atoms with Gasteiger partial charge in [0.2, 0.25) is 0 Å². The maximum absolute atomic E-state index is 0. The van der Waals surface area contributed by atoms with Gasteiger partial charge in [-0.3, -0.25) is 0 Å². The second-order valence-electron chi connectivity index (χ2n) is 0. The maximum atomic E-state index is 0. The minimum absolute atomic E-state index is 0. The van der Waals surface area contributed by atoms with Crippen LogP contribution in [0.2, 0.25) is 0 Å². The van der Waals surface area contributed by atoms with Gasteiger partial charge in [-0.1, -0.05) is 0 Å². The smallest absolute Gasteiger partial charge is 0 e. The average molecular weight is 1010 g/mol. The second-order valence-corrected chi connectivity index (χ2v) is 0. The van der Waals surface area contributed by atoms with Crippen LogP contribution in [0.15, 0.2) is 0 Å². The molecule has 0 saturated carbocycles. The quantitative estimate of drug-likeness (QED) is 0.227. The average Bonchev–Trinajstić information content (AvgIpc) is 0. The minimum Gasteiger partial charge on any atom is 0 e. The van der Waals surface area contributed by atoms with Crippen molar-refractivity contribution in [3.8, 4) is 0 Å². The molecule has 8 heteroatoms. The van der Waals surface area contributed by atoms with Gasteiger partial charge in [-0.15, -0.1) is 0 Å². The van der Waals surface area contributed by atoms with Gasteiger partial charge >= 0.3 is 0 Å². The Labute approximate surface area is 256 Å². The van der Waals surface area contributed by atoms with Gasteiger partial charge in [-0.05, 0) is 0 Å². The summed E-state index contributed by atoms with van der Waals surface area (Å²) in [5.74, 6) is 0. The van der Waals surface area contributed by atoms with Gasteiger partial charge in [0.15, 0.2) is 0 Å². The van der Waals surface area contributed by atoms with E-state index in [0.717, 1.165) is 0 Å². The Morgan fingerprint density at radius 3 is 0.250 bits per heavy atom. The molecule has 8 heavy (non-hydrogen) atoms. The van der Waals surface area contributed by atoms with E-state index in [4.69, 9.17) is 0 Å². The van der Waals surface area contributed by atoms with Crippen molar-refractivity contribution >= 4 is 266 Å². The number of hydrogen-bond donors (Lipinski definition) is 0. The summed E-state index contributed by atoms with van der Waals surface area (Å²) in [6.45, 7) is 0. The van der Waals surface area contributed by atoms with Crippen molar-refractivity contribution in [2.45, 2.75) is 0 Å². The van der Waals surface area contributed by atoms with Crippen molar-refractivity contribution in [2.75, 3.05) is 0 Å². The van der Waals surface area contributed by atoms with Crippen LogP contribution in [0.25, 0.3) is 0 Å². The topological polar surface area (TPSA) is 0 Å². The van der Waals surface area contributed by atoms with E-state index in [-0.39, 0.29) is 266 Å². The number of rotatable bonds is 0. The summed E-state index contributed by atoms with van der Waals surface area (Å²) in [4.78, 5) is 0. The summed E-state index contributed by atoms with van der Waals surface area (Å²) < 4.78 is 0. The van der Waals surface area contributed by atoms with E-state index in [1.165, 1.54) is 0 Å². The van der Waals surface area contributed by atoms with Gasteiger partial charge in [0, 0.05) is 266 Å². The molecule has 0 aliphatic heterocycles. The van der Waals surface area contributed by atoms with Crippen molar-refractivity contribution in [3.63, 3.8) is 0 Å². The summed E-state index contributed by atoms with van der Waals surface area (Å²) in [6, 6.07) is 0. The predicted octanol–water partition coefficient (Wildman–Crippen LogP) is -3.05. The molecule has 0 bridgehead atoms. The zero-order valence-electron chi connectivity index (χ0n) is 4.62. The molecule has 0 aromatic heterocycles. The molecule has 0 atom stereocenters. The second kappa shape index (κ2) is 44.8. The summed E-state index contributed by atoms with van der Waals surface area (Å²) in [7, 11) is 0. The summed E-state index contributed by atoms with van der Waals surface area (Å²) >= 11 is 0. The fraction of sp³-hybridized carbons (Fsp3) is 0. The van der Waals surface area contributed by atoms with E-state index in [2.05, 4.69) is 0 Å². The van der Waals surface area contributed by atoms with E-state index in [0.29, 0.717) is 0 Å². The molecule has 0 rings (SSSR count). The Hall–Kier alpha value is 8.71. The summed E-state index contributed by atoms with van der Waals surface area (Å²) in [6.07, 6.45) is 0. The third kappa shape index (κ3) is 36.4. The molecule has 0 aromatic rings. The molecule has 0 nitrogen and oxygen atoms in total. The van der Waals surface area contributed by atoms with Crippen LogP contribution in [-0.2, 0) is 0 Å². The third-order valence-electron chi connectivity index (χ3n) is 0. The van der Waals surface area contributed by atoms with Crippen LogP contribution >= 0.6 is 0 Å². The number of hydrogen-bond acceptors (Lipinski definition) is 0. The van der Waals surface area contributed by atoms with E-state index in [1.807, 2.05) is 0 Å². The molecule has 0 heterocycles. The van der Waals surface area contributed by atoms with Crippen LogP contribution in [0, 0.1) is 0 Å². The SMILES string of the molecule is [Ba].[Ba].[Ba].[Sn].[Sn].[Sn].[Sn].[Sn]. The van der Waals surface area contributed by atoms with Crippen molar-refractivity contribution in [2.24, 2.45) is 0 Å². The van der Waals surface area contributed by atoms with Gasteiger partial charge in [-0.2, -0.15) is 0 Å². The fourth-order valence-corrected chi connectivity index (χ4v) is 0. The summed E-state index contributed by atoms with van der Waals surface area (Å²) in [5, 5.41) is 0. The van der Waals surface area contributed by atoms with Gasteiger partial charge in [0.1, 0.15) is 0 Å². The molecule has 0 aromatic carbocycles. The molecular formula is Ba3Sn5.